The molecule has 0 radical (unpaired) electrons. The zero-order valence-electron chi connectivity index (χ0n) is 11.8. The number of hydrogen-bond acceptors (Lipinski definition) is 3. The molecule has 0 aliphatic heterocycles. The molecular formula is C16H19N3O. The molecule has 1 amide bonds. The molecule has 1 heterocycles. The first-order valence-electron chi connectivity index (χ1n) is 6.84. The molecule has 4 nitrogen and oxygen atoms in total. The fourth-order valence-electron chi connectivity index (χ4n) is 1.78. The van der Waals surface area contributed by atoms with Gasteiger partial charge in [-0.05, 0) is 24.5 Å². The molecule has 1 aromatic carbocycles. The smallest absolute Gasteiger partial charge is 0.271 e. The Balaban J connectivity index is 1.99. The van der Waals surface area contributed by atoms with Gasteiger partial charge < -0.3 is 5.32 Å². The quantitative estimate of drug-likeness (QED) is 0.908. The van der Waals surface area contributed by atoms with Crippen molar-refractivity contribution < 1.29 is 4.79 Å². The number of amides is 1. The number of benzene rings is 1. The van der Waals surface area contributed by atoms with Crippen molar-refractivity contribution in [1.82, 2.24) is 15.5 Å². The molecule has 20 heavy (non-hydrogen) atoms. The van der Waals surface area contributed by atoms with Crippen LogP contribution >= 0.6 is 0 Å². The highest BCUT2D eigenvalue weighted by Crippen LogP contribution is 2.14. The number of hydrogen-bond donors (Lipinski definition) is 1. The Labute approximate surface area is 119 Å². The van der Waals surface area contributed by atoms with Crippen LogP contribution < -0.4 is 5.32 Å². The van der Waals surface area contributed by atoms with E-state index in [0.717, 1.165) is 17.7 Å². The lowest BCUT2D eigenvalue weighted by atomic mass is 10.1. The second-order valence-electron chi connectivity index (χ2n) is 5.11. The van der Waals surface area contributed by atoms with E-state index in [-0.39, 0.29) is 5.91 Å². The Hall–Kier alpha value is -2.23. The number of carbonyl (C=O) groups excluding carboxylic acids is 1. The Morgan fingerprint density at radius 1 is 1.10 bits per heavy atom. The van der Waals surface area contributed by atoms with Crippen LogP contribution in [0.3, 0.4) is 0 Å². The molecule has 0 saturated carbocycles. The fraction of sp³-hybridized carbons (Fsp3) is 0.312. The van der Waals surface area contributed by atoms with Crippen molar-refractivity contribution in [1.29, 1.82) is 0 Å². The zero-order valence-corrected chi connectivity index (χ0v) is 11.8. The highest BCUT2D eigenvalue weighted by molar-refractivity contribution is 5.92. The molecule has 0 unspecified atom stereocenters. The summed E-state index contributed by atoms with van der Waals surface area (Å²) in [6.07, 6.45) is 0.960. The molecular weight excluding hydrogens is 250 g/mol. The lowest BCUT2D eigenvalue weighted by molar-refractivity contribution is 0.0946. The van der Waals surface area contributed by atoms with Crippen LogP contribution in [0.25, 0.3) is 11.3 Å². The molecule has 0 spiro atoms. The number of nitrogens with zero attached hydrogens (tertiary/aromatic N) is 2. The molecule has 2 rings (SSSR count). The van der Waals surface area contributed by atoms with Gasteiger partial charge in [-0.3, -0.25) is 4.79 Å². The van der Waals surface area contributed by atoms with Crippen molar-refractivity contribution in [2.45, 2.75) is 20.3 Å². The molecule has 4 heteroatoms. The second-order valence-corrected chi connectivity index (χ2v) is 5.11. The van der Waals surface area contributed by atoms with Crippen LogP contribution in [-0.4, -0.2) is 22.6 Å². The Morgan fingerprint density at radius 3 is 2.45 bits per heavy atom. The predicted octanol–water partition coefficient (Wildman–Crippen LogP) is 2.92. The highest BCUT2D eigenvalue weighted by atomic mass is 16.1. The minimum Gasteiger partial charge on any atom is -0.351 e. The van der Waals surface area contributed by atoms with Gasteiger partial charge in [-0.25, -0.2) is 0 Å². The van der Waals surface area contributed by atoms with Gasteiger partial charge in [0.2, 0.25) is 0 Å². The summed E-state index contributed by atoms with van der Waals surface area (Å²) in [7, 11) is 0. The fourth-order valence-corrected chi connectivity index (χ4v) is 1.78. The molecule has 0 atom stereocenters. The molecule has 2 aromatic rings. The molecule has 1 N–H and O–H groups in total. The molecule has 0 fully saturated rings. The minimum absolute atomic E-state index is 0.169. The van der Waals surface area contributed by atoms with Crippen molar-refractivity contribution in [2.75, 3.05) is 6.54 Å². The Morgan fingerprint density at radius 2 is 1.85 bits per heavy atom. The third-order valence-corrected chi connectivity index (χ3v) is 2.97. The highest BCUT2D eigenvalue weighted by Gasteiger charge is 2.08. The third-order valence-electron chi connectivity index (χ3n) is 2.97. The molecule has 104 valence electrons. The summed E-state index contributed by atoms with van der Waals surface area (Å²) in [6.45, 7) is 4.92. The van der Waals surface area contributed by atoms with E-state index in [9.17, 15) is 4.79 Å². The summed E-state index contributed by atoms with van der Waals surface area (Å²) >= 11 is 0. The van der Waals surface area contributed by atoms with Crippen molar-refractivity contribution in [3.63, 3.8) is 0 Å². The Bertz CT molecular complexity index is 550. The summed E-state index contributed by atoms with van der Waals surface area (Å²) in [4.78, 5) is 11.9. The maximum absolute atomic E-state index is 11.9. The van der Waals surface area contributed by atoms with Gasteiger partial charge in [0.15, 0.2) is 5.69 Å². The van der Waals surface area contributed by atoms with Gasteiger partial charge in [-0.1, -0.05) is 44.2 Å². The lowest BCUT2D eigenvalue weighted by Crippen LogP contribution is -2.26. The van der Waals surface area contributed by atoms with E-state index in [0.29, 0.717) is 18.2 Å². The average Bonchev–Trinajstić information content (AvgIpc) is 2.48. The normalized spacial score (nSPS) is 10.6. The number of carbonyl (C=O) groups is 1. The van der Waals surface area contributed by atoms with E-state index in [1.807, 2.05) is 36.4 Å². The van der Waals surface area contributed by atoms with Gasteiger partial charge in [-0.15, -0.1) is 10.2 Å². The zero-order chi connectivity index (χ0) is 14.4. The van der Waals surface area contributed by atoms with Gasteiger partial charge in [0.25, 0.3) is 5.91 Å². The summed E-state index contributed by atoms with van der Waals surface area (Å²) in [5, 5.41) is 10.9. The van der Waals surface area contributed by atoms with E-state index in [2.05, 4.69) is 29.4 Å². The van der Waals surface area contributed by atoms with E-state index in [4.69, 9.17) is 0 Å². The first-order valence-corrected chi connectivity index (χ1v) is 6.84. The van der Waals surface area contributed by atoms with Crippen LogP contribution in [0, 0.1) is 5.92 Å². The van der Waals surface area contributed by atoms with E-state index in [1.54, 1.807) is 6.07 Å². The maximum atomic E-state index is 11.9. The summed E-state index contributed by atoms with van der Waals surface area (Å²) < 4.78 is 0. The van der Waals surface area contributed by atoms with Crippen LogP contribution in [-0.2, 0) is 0 Å². The van der Waals surface area contributed by atoms with Gasteiger partial charge in [0, 0.05) is 12.1 Å². The van der Waals surface area contributed by atoms with Crippen LogP contribution in [0.4, 0.5) is 0 Å². The van der Waals surface area contributed by atoms with Crippen molar-refractivity contribution in [3.8, 4) is 11.3 Å². The van der Waals surface area contributed by atoms with Crippen molar-refractivity contribution in [3.05, 3.63) is 48.2 Å². The Kier molecular flexibility index (Phi) is 4.82. The van der Waals surface area contributed by atoms with Crippen molar-refractivity contribution in [2.24, 2.45) is 5.92 Å². The SMILES string of the molecule is CC(C)CCNC(=O)c1ccc(-c2ccccc2)nn1. The summed E-state index contributed by atoms with van der Waals surface area (Å²) in [5.41, 5.74) is 2.12. The van der Waals surface area contributed by atoms with E-state index < -0.39 is 0 Å². The third kappa shape index (κ3) is 3.88. The van der Waals surface area contributed by atoms with Gasteiger partial charge >= 0.3 is 0 Å². The monoisotopic (exact) mass is 269 g/mol. The van der Waals surface area contributed by atoms with Crippen molar-refractivity contribution >= 4 is 5.91 Å². The number of rotatable bonds is 5. The lowest BCUT2D eigenvalue weighted by Gasteiger charge is -2.06. The molecule has 0 saturated heterocycles. The van der Waals surface area contributed by atoms with Gasteiger partial charge in [0.05, 0.1) is 5.69 Å². The standard InChI is InChI=1S/C16H19N3O/c1-12(2)10-11-17-16(20)15-9-8-14(18-19-15)13-6-4-3-5-7-13/h3-9,12H,10-11H2,1-2H3,(H,17,20). The van der Waals surface area contributed by atoms with Gasteiger partial charge in [-0.2, -0.15) is 0 Å². The summed E-state index contributed by atoms with van der Waals surface area (Å²) in [5.74, 6) is 0.402. The van der Waals surface area contributed by atoms with E-state index >= 15 is 0 Å². The molecule has 0 aliphatic rings. The van der Waals surface area contributed by atoms with E-state index in [1.165, 1.54) is 0 Å². The van der Waals surface area contributed by atoms with Gasteiger partial charge in [0.1, 0.15) is 0 Å². The minimum atomic E-state index is -0.169. The summed E-state index contributed by atoms with van der Waals surface area (Å²) in [6, 6.07) is 13.3. The largest absolute Gasteiger partial charge is 0.351 e. The van der Waals surface area contributed by atoms with Crippen LogP contribution in [0.5, 0.6) is 0 Å². The molecule has 1 aromatic heterocycles. The second kappa shape index (κ2) is 6.80. The van der Waals surface area contributed by atoms with Crippen LogP contribution in [0.2, 0.25) is 0 Å². The number of aromatic nitrogens is 2. The first kappa shape index (κ1) is 14.2. The topological polar surface area (TPSA) is 54.9 Å². The van der Waals surface area contributed by atoms with Crippen LogP contribution in [0.1, 0.15) is 30.8 Å². The molecule has 0 aliphatic carbocycles. The number of nitrogens with one attached hydrogen (secondary N) is 1. The molecule has 0 bridgehead atoms. The first-order chi connectivity index (χ1) is 9.66. The predicted molar refractivity (Wildman–Crippen MR) is 79.3 cm³/mol. The average molecular weight is 269 g/mol. The maximum Gasteiger partial charge on any atom is 0.271 e. The van der Waals surface area contributed by atoms with Crippen LogP contribution in [0.15, 0.2) is 42.5 Å².